The summed E-state index contributed by atoms with van der Waals surface area (Å²) in [4.78, 5) is 16.2. The molecule has 0 atom stereocenters. The van der Waals surface area contributed by atoms with Gasteiger partial charge in [0.05, 0.1) is 13.2 Å². The maximum atomic E-state index is 12.9. The number of ether oxygens (including phenoxy) is 2. The molecule has 0 spiro atoms. The van der Waals surface area contributed by atoms with E-state index in [-0.39, 0.29) is 42.2 Å². The highest BCUT2D eigenvalue weighted by Crippen LogP contribution is 2.20. The molecule has 2 aromatic rings. The highest BCUT2D eigenvalue weighted by molar-refractivity contribution is 14.0. The summed E-state index contributed by atoms with van der Waals surface area (Å²) in [5, 5.41) is 8.79. The van der Waals surface area contributed by atoms with Gasteiger partial charge >= 0.3 is 0 Å². The fourth-order valence-corrected chi connectivity index (χ4v) is 2.48. The van der Waals surface area contributed by atoms with E-state index in [0.717, 1.165) is 16.9 Å². The van der Waals surface area contributed by atoms with E-state index in [2.05, 4.69) is 20.9 Å². The van der Waals surface area contributed by atoms with Crippen molar-refractivity contribution in [2.75, 3.05) is 39.2 Å². The Balaban J connectivity index is 0.00000450. The number of guanidine groups is 1. The summed E-state index contributed by atoms with van der Waals surface area (Å²) < 4.78 is 23.7. The van der Waals surface area contributed by atoms with Crippen molar-refractivity contribution in [3.63, 3.8) is 0 Å². The van der Waals surface area contributed by atoms with E-state index in [0.29, 0.717) is 31.4 Å². The van der Waals surface area contributed by atoms with E-state index < -0.39 is 0 Å². The molecule has 3 N–H and O–H groups in total. The molecule has 164 valence electrons. The number of amides is 1. The second-order valence-electron chi connectivity index (χ2n) is 6.29. The van der Waals surface area contributed by atoms with Crippen LogP contribution in [0.2, 0.25) is 0 Å². The largest absolute Gasteiger partial charge is 0.491 e. The Labute approximate surface area is 193 Å². The average molecular weight is 530 g/mol. The normalized spacial score (nSPS) is 10.7. The van der Waals surface area contributed by atoms with Crippen LogP contribution in [0.4, 0.5) is 10.1 Å². The number of nitrogens with zero attached hydrogens (tertiary/aromatic N) is 1. The number of aliphatic imine (C=N–C) groups is 1. The van der Waals surface area contributed by atoms with Crippen LogP contribution in [0.15, 0.2) is 47.5 Å². The van der Waals surface area contributed by atoms with Gasteiger partial charge in [-0.25, -0.2) is 4.39 Å². The van der Waals surface area contributed by atoms with Crippen molar-refractivity contribution < 1.29 is 18.7 Å². The van der Waals surface area contributed by atoms with Gasteiger partial charge in [0.1, 0.15) is 18.2 Å². The van der Waals surface area contributed by atoms with Gasteiger partial charge in [0.2, 0.25) is 5.91 Å². The standard InChI is InChI=1S/C21H27FN4O3.HI/c1-15-4-5-16(19(12-15)29-11-10-28-3)13-24-21(23-2)25-14-20(27)26-18-8-6-17(22)7-9-18;/h4-9,12H,10-11,13-14H2,1-3H3,(H,26,27)(H2,23,24,25);1H. The van der Waals surface area contributed by atoms with Crippen LogP contribution in [0.5, 0.6) is 5.75 Å². The first-order valence-corrected chi connectivity index (χ1v) is 9.23. The second kappa shape index (κ2) is 13.8. The summed E-state index contributed by atoms with van der Waals surface area (Å²) in [5.74, 6) is 0.632. The van der Waals surface area contributed by atoms with E-state index in [1.807, 2.05) is 25.1 Å². The Hall–Kier alpha value is -2.40. The Morgan fingerprint density at radius 2 is 1.83 bits per heavy atom. The Bertz CT molecular complexity index is 832. The number of methoxy groups -OCH3 is 1. The highest BCUT2D eigenvalue weighted by Gasteiger charge is 2.08. The molecule has 0 aliphatic rings. The highest BCUT2D eigenvalue weighted by atomic mass is 127. The van der Waals surface area contributed by atoms with Crippen molar-refractivity contribution in [2.45, 2.75) is 13.5 Å². The van der Waals surface area contributed by atoms with Gasteiger partial charge in [-0.3, -0.25) is 9.79 Å². The minimum Gasteiger partial charge on any atom is -0.491 e. The first-order valence-electron chi connectivity index (χ1n) is 9.23. The smallest absolute Gasteiger partial charge is 0.243 e. The molecule has 0 radical (unpaired) electrons. The molecule has 0 bridgehead atoms. The van der Waals surface area contributed by atoms with Gasteiger partial charge in [0.15, 0.2) is 5.96 Å². The van der Waals surface area contributed by atoms with Crippen molar-refractivity contribution >= 4 is 41.5 Å². The van der Waals surface area contributed by atoms with Crippen molar-refractivity contribution in [2.24, 2.45) is 4.99 Å². The lowest BCUT2D eigenvalue weighted by Gasteiger charge is -2.15. The number of halogens is 2. The van der Waals surface area contributed by atoms with Crippen molar-refractivity contribution in [3.05, 3.63) is 59.4 Å². The molecule has 0 saturated heterocycles. The Morgan fingerprint density at radius 3 is 2.50 bits per heavy atom. The lowest BCUT2D eigenvalue weighted by atomic mass is 10.1. The third-order valence-corrected chi connectivity index (χ3v) is 3.98. The third-order valence-electron chi connectivity index (χ3n) is 3.98. The van der Waals surface area contributed by atoms with Crippen LogP contribution in [0.1, 0.15) is 11.1 Å². The van der Waals surface area contributed by atoms with E-state index in [1.165, 1.54) is 24.3 Å². The zero-order chi connectivity index (χ0) is 21.1. The molecule has 2 rings (SSSR count). The number of rotatable bonds is 9. The fourth-order valence-electron chi connectivity index (χ4n) is 2.48. The summed E-state index contributed by atoms with van der Waals surface area (Å²) >= 11 is 0. The lowest BCUT2D eigenvalue weighted by Crippen LogP contribution is -2.41. The number of hydrogen-bond acceptors (Lipinski definition) is 4. The van der Waals surface area contributed by atoms with Gasteiger partial charge < -0.3 is 25.4 Å². The molecule has 0 aromatic heterocycles. The minimum atomic E-state index is -0.354. The maximum Gasteiger partial charge on any atom is 0.243 e. The number of benzene rings is 2. The van der Waals surface area contributed by atoms with Crippen molar-refractivity contribution in [3.8, 4) is 5.75 Å². The first kappa shape index (κ1) is 25.6. The van der Waals surface area contributed by atoms with E-state index in [4.69, 9.17) is 9.47 Å². The summed E-state index contributed by atoms with van der Waals surface area (Å²) in [7, 11) is 3.25. The molecule has 7 nitrogen and oxygen atoms in total. The van der Waals surface area contributed by atoms with Crippen LogP contribution in [0.25, 0.3) is 0 Å². The van der Waals surface area contributed by atoms with Gasteiger partial charge in [0.25, 0.3) is 0 Å². The SMILES string of the molecule is CN=C(NCC(=O)Nc1ccc(F)cc1)NCc1ccc(C)cc1OCCOC.I. The number of anilines is 1. The number of nitrogens with one attached hydrogen (secondary N) is 3. The topological polar surface area (TPSA) is 84.0 Å². The monoisotopic (exact) mass is 530 g/mol. The quantitative estimate of drug-likeness (QED) is 0.201. The molecule has 0 aliphatic carbocycles. The lowest BCUT2D eigenvalue weighted by molar-refractivity contribution is -0.115. The Kier molecular flexibility index (Phi) is 11.8. The molecular formula is C21H28FIN4O3. The molecule has 9 heteroatoms. The van der Waals surface area contributed by atoms with Crippen LogP contribution in [-0.2, 0) is 16.1 Å². The molecule has 0 saturated carbocycles. The molecule has 0 fully saturated rings. The molecular weight excluding hydrogens is 502 g/mol. The molecule has 1 amide bonds. The van der Waals surface area contributed by atoms with E-state index >= 15 is 0 Å². The number of carbonyl (C=O) groups is 1. The summed E-state index contributed by atoms with van der Waals surface area (Å²) in [6, 6.07) is 11.5. The minimum absolute atomic E-state index is 0. The van der Waals surface area contributed by atoms with Gasteiger partial charge in [-0.1, -0.05) is 12.1 Å². The number of hydrogen-bond donors (Lipinski definition) is 3. The molecule has 2 aromatic carbocycles. The predicted octanol–water partition coefficient (Wildman–Crippen LogP) is 3.08. The van der Waals surface area contributed by atoms with Gasteiger partial charge in [-0.2, -0.15) is 0 Å². The Morgan fingerprint density at radius 1 is 1.10 bits per heavy atom. The molecule has 0 aliphatic heterocycles. The van der Waals surface area contributed by atoms with Gasteiger partial charge in [-0.15, -0.1) is 24.0 Å². The maximum absolute atomic E-state index is 12.9. The fraction of sp³-hybridized carbons (Fsp3) is 0.333. The number of carbonyl (C=O) groups excluding carboxylic acids is 1. The van der Waals surface area contributed by atoms with Crippen LogP contribution < -0.4 is 20.7 Å². The van der Waals surface area contributed by atoms with E-state index in [1.54, 1.807) is 14.2 Å². The van der Waals surface area contributed by atoms with Gasteiger partial charge in [-0.05, 0) is 42.8 Å². The summed E-state index contributed by atoms with van der Waals surface area (Å²) in [6.07, 6.45) is 0. The van der Waals surface area contributed by atoms with Crippen LogP contribution >= 0.6 is 24.0 Å². The third kappa shape index (κ3) is 8.95. The van der Waals surface area contributed by atoms with Crippen molar-refractivity contribution in [1.82, 2.24) is 10.6 Å². The summed E-state index contributed by atoms with van der Waals surface area (Å²) in [5.41, 5.74) is 2.59. The van der Waals surface area contributed by atoms with Crippen LogP contribution in [0, 0.1) is 12.7 Å². The predicted molar refractivity (Wildman–Crippen MR) is 127 cm³/mol. The van der Waals surface area contributed by atoms with Crippen molar-refractivity contribution in [1.29, 1.82) is 0 Å². The summed E-state index contributed by atoms with van der Waals surface area (Å²) in [6.45, 7) is 3.46. The van der Waals surface area contributed by atoms with Crippen LogP contribution in [0.3, 0.4) is 0 Å². The number of aryl methyl sites for hydroxylation is 1. The zero-order valence-corrected chi connectivity index (χ0v) is 19.7. The molecule has 30 heavy (non-hydrogen) atoms. The van der Waals surface area contributed by atoms with Crippen LogP contribution in [-0.4, -0.2) is 45.8 Å². The second-order valence-corrected chi connectivity index (χ2v) is 6.29. The molecule has 0 heterocycles. The van der Waals surface area contributed by atoms with Gasteiger partial charge in [0, 0.05) is 32.0 Å². The average Bonchev–Trinajstić information content (AvgIpc) is 2.71. The zero-order valence-electron chi connectivity index (χ0n) is 17.3. The van der Waals surface area contributed by atoms with E-state index in [9.17, 15) is 9.18 Å². The molecule has 0 unspecified atom stereocenters. The first-order chi connectivity index (χ1) is 14.0.